The minimum Gasteiger partial charge on any atom is -0.494 e. The number of fused-ring (bicyclic) bond motifs is 3. The maximum absolute atomic E-state index is 12.6. The van der Waals surface area contributed by atoms with E-state index in [1.54, 1.807) is 0 Å². The van der Waals surface area contributed by atoms with E-state index in [4.69, 9.17) is 11.6 Å². The van der Waals surface area contributed by atoms with Gasteiger partial charge in [0.15, 0.2) is 0 Å². The Labute approximate surface area is 160 Å². The van der Waals surface area contributed by atoms with Crippen molar-refractivity contribution in [3.8, 4) is 5.88 Å². The van der Waals surface area contributed by atoms with Crippen molar-refractivity contribution >= 4 is 22.5 Å². The van der Waals surface area contributed by atoms with E-state index in [1.165, 1.54) is 4.57 Å². The number of aromatic hydroxyl groups is 1. The maximum Gasteiger partial charge on any atom is 0.331 e. The zero-order valence-electron chi connectivity index (χ0n) is 15.1. The largest absolute Gasteiger partial charge is 0.494 e. The van der Waals surface area contributed by atoms with Crippen LogP contribution in [0, 0.1) is 0 Å². The van der Waals surface area contributed by atoms with E-state index in [9.17, 15) is 14.7 Å². The van der Waals surface area contributed by atoms with Crippen molar-refractivity contribution < 1.29 is 5.11 Å². The van der Waals surface area contributed by atoms with Gasteiger partial charge in [0.1, 0.15) is 5.56 Å². The average molecular weight is 389 g/mol. The molecule has 1 aromatic carbocycles. The van der Waals surface area contributed by atoms with Crippen LogP contribution in [0.1, 0.15) is 49.2 Å². The molecule has 0 saturated carbocycles. The first kappa shape index (κ1) is 17.9. The number of H-pyrrole nitrogens is 2. The molecule has 4 N–H and O–H groups in total. The molecule has 1 aliphatic heterocycles. The number of nitrogens with zero attached hydrogens (tertiary/aromatic N) is 1. The molecule has 2 aromatic heterocycles. The summed E-state index contributed by atoms with van der Waals surface area (Å²) in [6, 6.07) is 4.83. The summed E-state index contributed by atoms with van der Waals surface area (Å²) >= 11 is 6.15. The number of rotatable bonds is 3. The van der Waals surface area contributed by atoms with Crippen LogP contribution in [0.3, 0.4) is 0 Å². The zero-order valence-corrected chi connectivity index (χ0v) is 15.9. The van der Waals surface area contributed by atoms with Crippen molar-refractivity contribution in [2.75, 3.05) is 6.54 Å². The molecule has 0 amide bonds. The Bertz CT molecular complexity index is 1140. The average Bonchev–Trinajstić information content (AvgIpc) is 3.00. The summed E-state index contributed by atoms with van der Waals surface area (Å²) in [5.74, 6) is -0.292. The van der Waals surface area contributed by atoms with Crippen LogP contribution in [0.25, 0.3) is 10.9 Å². The van der Waals surface area contributed by atoms with E-state index in [0.717, 1.165) is 28.6 Å². The lowest BCUT2D eigenvalue weighted by Gasteiger charge is -2.26. The van der Waals surface area contributed by atoms with E-state index >= 15 is 0 Å². The molecule has 0 bridgehead atoms. The first-order chi connectivity index (χ1) is 12.9. The van der Waals surface area contributed by atoms with Crippen LogP contribution in [0.15, 0.2) is 27.8 Å². The van der Waals surface area contributed by atoms with Gasteiger partial charge in [0.05, 0.1) is 6.04 Å². The van der Waals surface area contributed by atoms with E-state index in [-0.39, 0.29) is 17.5 Å². The predicted molar refractivity (Wildman–Crippen MR) is 105 cm³/mol. The summed E-state index contributed by atoms with van der Waals surface area (Å²) < 4.78 is 1.24. The molecular weight excluding hydrogens is 368 g/mol. The van der Waals surface area contributed by atoms with Crippen molar-refractivity contribution in [1.29, 1.82) is 0 Å². The molecule has 2 atom stereocenters. The molecule has 27 heavy (non-hydrogen) atoms. The third-order valence-corrected chi connectivity index (χ3v) is 5.62. The monoisotopic (exact) mass is 388 g/mol. The Balaban J connectivity index is 1.96. The summed E-state index contributed by atoms with van der Waals surface area (Å²) in [6.45, 7) is 4.38. The van der Waals surface area contributed by atoms with Gasteiger partial charge in [0.2, 0.25) is 5.88 Å². The van der Waals surface area contributed by atoms with Crippen LogP contribution in [0.4, 0.5) is 0 Å². The topological polar surface area (TPSA) is 103 Å². The number of aromatic nitrogens is 3. The molecule has 7 nitrogen and oxygen atoms in total. The SMILES string of the molecule is CC[C@H](C)n1c(O)c([C@H]2NCCc3c2[nH]c2ccc(Cl)cc32)c(=O)[nH]c1=O. The van der Waals surface area contributed by atoms with Gasteiger partial charge < -0.3 is 15.4 Å². The minimum atomic E-state index is -0.602. The summed E-state index contributed by atoms with van der Waals surface area (Å²) in [5.41, 5.74) is 1.76. The van der Waals surface area contributed by atoms with Crippen LogP contribution >= 0.6 is 11.6 Å². The third kappa shape index (κ3) is 2.78. The number of benzene rings is 1. The molecule has 8 heteroatoms. The standard InChI is InChI=1S/C19H21ClN4O3/c1-3-9(2)24-18(26)14(17(25)23-19(24)27)16-15-11(6-7-21-16)12-8-10(20)4-5-13(12)22-15/h4-5,8-9,16,21-22,26H,3,6-7H2,1-2H3,(H,23,25,27)/t9-,16+/m0/s1. The Hall–Kier alpha value is -2.51. The fraction of sp³-hybridized carbons (Fsp3) is 0.368. The van der Waals surface area contributed by atoms with Gasteiger partial charge in [-0.2, -0.15) is 0 Å². The fourth-order valence-electron chi connectivity index (χ4n) is 3.85. The van der Waals surface area contributed by atoms with Crippen LogP contribution in [-0.4, -0.2) is 26.2 Å². The highest BCUT2D eigenvalue weighted by atomic mass is 35.5. The number of hydrogen-bond acceptors (Lipinski definition) is 4. The maximum atomic E-state index is 12.6. The lowest BCUT2D eigenvalue weighted by atomic mass is 9.95. The smallest absolute Gasteiger partial charge is 0.331 e. The minimum absolute atomic E-state index is 0.147. The van der Waals surface area contributed by atoms with Crippen molar-refractivity contribution in [3.63, 3.8) is 0 Å². The van der Waals surface area contributed by atoms with Gasteiger partial charge in [0, 0.05) is 34.2 Å². The third-order valence-electron chi connectivity index (χ3n) is 5.39. The van der Waals surface area contributed by atoms with Gasteiger partial charge in [-0.15, -0.1) is 0 Å². The van der Waals surface area contributed by atoms with Crippen LogP contribution in [0.5, 0.6) is 5.88 Å². The molecule has 4 rings (SSSR count). The number of hydrogen-bond donors (Lipinski definition) is 4. The first-order valence-corrected chi connectivity index (χ1v) is 9.41. The van der Waals surface area contributed by atoms with Crippen molar-refractivity contribution in [2.24, 2.45) is 0 Å². The van der Waals surface area contributed by atoms with Crippen LogP contribution < -0.4 is 16.6 Å². The highest BCUT2D eigenvalue weighted by molar-refractivity contribution is 6.31. The highest BCUT2D eigenvalue weighted by Gasteiger charge is 2.31. The van der Waals surface area contributed by atoms with Crippen molar-refractivity contribution in [2.45, 2.75) is 38.8 Å². The zero-order chi connectivity index (χ0) is 19.3. The molecular formula is C19H21ClN4O3. The Kier molecular flexibility index (Phi) is 4.36. The highest BCUT2D eigenvalue weighted by Crippen LogP contribution is 2.36. The van der Waals surface area contributed by atoms with Crippen LogP contribution in [-0.2, 0) is 6.42 Å². The predicted octanol–water partition coefficient (Wildman–Crippen LogP) is 2.58. The van der Waals surface area contributed by atoms with Crippen molar-refractivity contribution in [3.05, 3.63) is 60.9 Å². The van der Waals surface area contributed by atoms with Gasteiger partial charge in [-0.1, -0.05) is 18.5 Å². The molecule has 3 aromatic rings. The lowest BCUT2D eigenvalue weighted by Crippen LogP contribution is -2.39. The summed E-state index contributed by atoms with van der Waals surface area (Å²) in [7, 11) is 0. The summed E-state index contributed by atoms with van der Waals surface area (Å²) in [4.78, 5) is 30.5. The molecule has 0 aliphatic carbocycles. The Morgan fingerprint density at radius 2 is 2.11 bits per heavy atom. The van der Waals surface area contributed by atoms with E-state index in [0.29, 0.717) is 18.0 Å². The summed E-state index contributed by atoms with van der Waals surface area (Å²) in [6.07, 6.45) is 1.42. The molecule has 0 radical (unpaired) electrons. The normalized spacial score (nSPS) is 17.8. The molecule has 0 saturated heterocycles. The van der Waals surface area contributed by atoms with Gasteiger partial charge in [-0.3, -0.25) is 14.3 Å². The summed E-state index contributed by atoms with van der Waals surface area (Å²) in [5, 5.41) is 15.8. The fourth-order valence-corrected chi connectivity index (χ4v) is 4.02. The van der Waals surface area contributed by atoms with E-state index < -0.39 is 17.3 Å². The van der Waals surface area contributed by atoms with E-state index in [1.807, 2.05) is 32.0 Å². The number of aromatic amines is 2. The van der Waals surface area contributed by atoms with Gasteiger partial charge in [-0.25, -0.2) is 4.79 Å². The molecule has 0 spiro atoms. The lowest BCUT2D eigenvalue weighted by molar-refractivity contribution is 0.353. The quantitative estimate of drug-likeness (QED) is 0.553. The molecule has 1 aliphatic rings. The number of halogens is 1. The Morgan fingerprint density at radius 3 is 2.85 bits per heavy atom. The van der Waals surface area contributed by atoms with Gasteiger partial charge in [-0.05, 0) is 43.5 Å². The van der Waals surface area contributed by atoms with Crippen molar-refractivity contribution in [1.82, 2.24) is 19.9 Å². The second-order valence-corrected chi connectivity index (χ2v) is 7.40. The molecule has 0 unspecified atom stereocenters. The molecule has 0 fully saturated rings. The first-order valence-electron chi connectivity index (χ1n) is 9.03. The number of nitrogens with one attached hydrogen (secondary N) is 3. The van der Waals surface area contributed by atoms with Gasteiger partial charge >= 0.3 is 5.69 Å². The van der Waals surface area contributed by atoms with E-state index in [2.05, 4.69) is 15.3 Å². The second-order valence-electron chi connectivity index (χ2n) is 6.97. The second kappa shape index (κ2) is 6.58. The Morgan fingerprint density at radius 1 is 1.33 bits per heavy atom. The molecule has 142 valence electrons. The van der Waals surface area contributed by atoms with Crippen LogP contribution in [0.2, 0.25) is 5.02 Å². The van der Waals surface area contributed by atoms with Gasteiger partial charge in [0.25, 0.3) is 5.56 Å². The molecule has 3 heterocycles.